The van der Waals surface area contributed by atoms with E-state index in [1.54, 1.807) is 6.07 Å². The van der Waals surface area contributed by atoms with Gasteiger partial charge in [0, 0.05) is 39.7 Å². The zero-order valence-electron chi connectivity index (χ0n) is 15.7. The van der Waals surface area contributed by atoms with Crippen LogP contribution >= 0.6 is 15.9 Å². The molecule has 0 aliphatic rings. The van der Waals surface area contributed by atoms with E-state index in [9.17, 15) is 14.0 Å². The first-order valence-corrected chi connectivity index (χ1v) is 9.72. The summed E-state index contributed by atoms with van der Waals surface area (Å²) in [5.41, 5.74) is 4.09. The van der Waals surface area contributed by atoms with E-state index < -0.39 is 0 Å². The predicted octanol–water partition coefficient (Wildman–Crippen LogP) is 4.37. The lowest BCUT2D eigenvalue weighted by Gasteiger charge is -2.10. The number of aromatic amines is 1. The largest absolute Gasteiger partial charge is 0.358 e. The molecule has 7 heteroatoms. The minimum absolute atomic E-state index is 0.127. The fraction of sp³-hybridized carbons (Fsp3) is 0.238. The summed E-state index contributed by atoms with van der Waals surface area (Å²) in [7, 11) is 0. The Morgan fingerprint density at radius 1 is 1.11 bits per heavy atom. The lowest BCUT2D eigenvalue weighted by atomic mass is 10.1. The Kier molecular flexibility index (Phi) is 6.14. The molecule has 3 N–H and O–H groups in total. The third kappa shape index (κ3) is 4.78. The molecule has 0 atom stereocenters. The highest BCUT2D eigenvalue weighted by molar-refractivity contribution is 9.10. The van der Waals surface area contributed by atoms with Crippen LogP contribution in [-0.2, 0) is 16.0 Å². The normalized spacial score (nSPS) is 10.9. The minimum Gasteiger partial charge on any atom is -0.358 e. The highest BCUT2D eigenvalue weighted by Gasteiger charge is 2.13. The van der Waals surface area contributed by atoms with E-state index in [1.807, 2.05) is 32.0 Å². The molecule has 3 rings (SSSR count). The van der Waals surface area contributed by atoms with Crippen LogP contribution in [0.15, 0.2) is 40.9 Å². The molecule has 28 heavy (non-hydrogen) atoms. The van der Waals surface area contributed by atoms with Gasteiger partial charge >= 0.3 is 0 Å². The van der Waals surface area contributed by atoms with Gasteiger partial charge in [0.25, 0.3) is 0 Å². The number of fused-ring (bicyclic) bond motifs is 1. The van der Waals surface area contributed by atoms with Crippen molar-refractivity contribution in [2.45, 2.75) is 26.7 Å². The maximum absolute atomic E-state index is 13.5. The summed E-state index contributed by atoms with van der Waals surface area (Å²) in [5.74, 6) is -0.723. The summed E-state index contributed by atoms with van der Waals surface area (Å²) < 4.78 is 14.4. The number of aryl methyl sites for hydroxylation is 2. The van der Waals surface area contributed by atoms with Gasteiger partial charge in [-0.3, -0.25) is 9.59 Å². The summed E-state index contributed by atoms with van der Waals surface area (Å²) in [5, 5.41) is 6.30. The van der Waals surface area contributed by atoms with E-state index >= 15 is 0 Å². The highest BCUT2D eigenvalue weighted by atomic mass is 79.9. The van der Waals surface area contributed by atoms with E-state index in [2.05, 4.69) is 31.5 Å². The van der Waals surface area contributed by atoms with Crippen molar-refractivity contribution in [2.75, 3.05) is 11.9 Å². The monoisotopic (exact) mass is 445 g/mol. The van der Waals surface area contributed by atoms with E-state index in [1.165, 1.54) is 12.1 Å². The SMILES string of the molecule is Cc1ccc(Br)cc1NC(=O)CCNC(=O)Cc1c(C)[nH]c2ccc(F)cc12. The third-order valence-corrected chi connectivity index (χ3v) is 5.06. The number of nitrogens with one attached hydrogen (secondary N) is 3. The molecule has 0 unspecified atom stereocenters. The first-order valence-electron chi connectivity index (χ1n) is 8.93. The second-order valence-electron chi connectivity index (χ2n) is 6.70. The maximum atomic E-state index is 13.5. The van der Waals surface area contributed by atoms with Crippen molar-refractivity contribution in [2.24, 2.45) is 0 Å². The van der Waals surface area contributed by atoms with E-state index in [0.717, 1.165) is 32.5 Å². The van der Waals surface area contributed by atoms with Gasteiger partial charge in [0.1, 0.15) is 5.82 Å². The lowest BCUT2D eigenvalue weighted by molar-refractivity contribution is -0.120. The molecule has 2 amide bonds. The smallest absolute Gasteiger partial charge is 0.226 e. The van der Waals surface area contributed by atoms with E-state index in [-0.39, 0.29) is 37.0 Å². The van der Waals surface area contributed by atoms with Crippen molar-refractivity contribution in [3.05, 3.63) is 63.5 Å². The average molecular weight is 446 g/mol. The number of hydrogen-bond acceptors (Lipinski definition) is 2. The van der Waals surface area contributed by atoms with E-state index in [4.69, 9.17) is 0 Å². The molecule has 0 radical (unpaired) electrons. The van der Waals surface area contributed by atoms with Crippen LogP contribution < -0.4 is 10.6 Å². The quantitative estimate of drug-likeness (QED) is 0.526. The van der Waals surface area contributed by atoms with Crippen LogP contribution in [0.25, 0.3) is 10.9 Å². The third-order valence-electron chi connectivity index (χ3n) is 4.57. The fourth-order valence-corrected chi connectivity index (χ4v) is 3.42. The molecule has 0 spiro atoms. The maximum Gasteiger partial charge on any atom is 0.226 e. The first-order chi connectivity index (χ1) is 13.3. The Morgan fingerprint density at radius 2 is 1.89 bits per heavy atom. The molecule has 1 heterocycles. The topological polar surface area (TPSA) is 74.0 Å². The Hall–Kier alpha value is -2.67. The number of aromatic nitrogens is 1. The van der Waals surface area contributed by atoms with Crippen LogP contribution in [0, 0.1) is 19.7 Å². The minimum atomic E-state index is -0.340. The molecule has 3 aromatic rings. The molecule has 2 aromatic carbocycles. The number of benzene rings is 2. The zero-order chi connectivity index (χ0) is 20.3. The number of amides is 2. The standard InChI is InChI=1S/C21H21BrFN3O2/c1-12-3-4-14(22)9-19(12)26-20(27)7-8-24-21(28)11-16-13(2)25-18-6-5-15(23)10-17(16)18/h3-6,9-10,25H,7-8,11H2,1-2H3,(H,24,28)(H,26,27). The van der Waals surface area contributed by atoms with Gasteiger partial charge in [0.15, 0.2) is 0 Å². The predicted molar refractivity (Wildman–Crippen MR) is 112 cm³/mol. The van der Waals surface area contributed by atoms with Crippen LogP contribution in [0.1, 0.15) is 23.2 Å². The van der Waals surface area contributed by atoms with Gasteiger partial charge < -0.3 is 15.6 Å². The van der Waals surface area contributed by atoms with Gasteiger partial charge in [-0.05, 0) is 55.3 Å². The molecule has 0 aliphatic carbocycles. The van der Waals surface area contributed by atoms with Crippen molar-refractivity contribution < 1.29 is 14.0 Å². The van der Waals surface area contributed by atoms with Gasteiger partial charge in [-0.1, -0.05) is 22.0 Å². The summed E-state index contributed by atoms with van der Waals surface area (Å²) in [4.78, 5) is 27.5. The van der Waals surface area contributed by atoms with Gasteiger partial charge in [-0.15, -0.1) is 0 Å². The molecular formula is C21H21BrFN3O2. The summed E-state index contributed by atoms with van der Waals surface area (Å²) in [6.07, 6.45) is 0.292. The number of anilines is 1. The van der Waals surface area contributed by atoms with Gasteiger partial charge in [-0.2, -0.15) is 0 Å². The average Bonchev–Trinajstić information content (AvgIpc) is 2.93. The molecule has 146 valence electrons. The van der Waals surface area contributed by atoms with E-state index in [0.29, 0.717) is 5.39 Å². The second-order valence-corrected chi connectivity index (χ2v) is 7.62. The molecular weight excluding hydrogens is 425 g/mol. The number of H-pyrrole nitrogens is 1. The van der Waals surface area contributed by atoms with Crippen LogP contribution in [0.4, 0.5) is 10.1 Å². The van der Waals surface area contributed by atoms with Gasteiger partial charge in [-0.25, -0.2) is 4.39 Å². The number of carbonyl (C=O) groups is 2. The highest BCUT2D eigenvalue weighted by Crippen LogP contribution is 2.23. The molecule has 0 aliphatic heterocycles. The Labute approximate surface area is 170 Å². The molecule has 1 aromatic heterocycles. The van der Waals surface area contributed by atoms with Crippen molar-refractivity contribution in [3.63, 3.8) is 0 Å². The molecule has 0 saturated carbocycles. The van der Waals surface area contributed by atoms with Crippen LogP contribution in [0.2, 0.25) is 0 Å². The fourth-order valence-electron chi connectivity index (χ4n) is 3.06. The van der Waals surface area contributed by atoms with Crippen molar-refractivity contribution >= 4 is 44.3 Å². The molecule has 5 nitrogen and oxygen atoms in total. The number of halogens is 2. The molecule has 0 saturated heterocycles. The molecule has 0 bridgehead atoms. The van der Waals surface area contributed by atoms with Crippen molar-refractivity contribution in [1.29, 1.82) is 0 Å². The summed E-state index contributed by atoms with van der Waals surface area (Å²) in [6.45, 7) is 4.00. The Balaban J connectivity index is 1.54. The number of carbonyl (C=O) groups excluding carboxylic acids is 2. The van der Waals surface area contributed by atoms with Crippen molar-refractivity contribution in [3.8, 4) is 0 Å². The number of hydrogen-bond donors (Lipinski definition) is 3. The second kappa shape index (κ2) is 8.56. The zero-order valence-corrected chi connectivity index (χ0v) is 17.2. The lowest BCUT2D eigenvalue weighted by Crippen LogP contribution is -2.29. The van der Waals surface area contributed by atoms with Gasteiger partial charge in [0.05, 0.1) is 6.42 Å². The number of rotatable bonds is 6. The first kappa shape index (κ1) is 20.1. The van der Waals surface area contributed by atoms with Crippen LogP contribution in [0.3, 0.4) is 0 Å². The summed E-state index contributed by atoms with van der Waals surface area (Å²) in [6, 6.07) is 10.1. The van der Waals surface area contributed by atoms with Gasteiger partial charge in [0.2, 0.25) is 11.8 Å². The van der Waals surface area contributed by atoms with Crippen LogP contribution in [-0.4, -0.2) is 23.3 Å². The Morgan fingerprint density at radius 3 is 2.68 bits per heavy atom. The van der Waals surface area contributed by atoms with Crippen LogP contribution in [0.5, 0.6) is 0 Å². The Bertz CT molecular complexity index is 1050. The summed E-state index contributed by atoms with van der Waals surface area (Å²) >= 11 is 3.38. The molecule has 0 fully saturated rings. The van der Waals surface area contributed by atoms with Crippen molar-refractivity contribution in [1.82, 2.24) is 10.3 Å².